The predicted octanol–water partition coefficient (Wildman–Crippen LogP) is 0.598. The summed E-state index contributed by atoms with van der Waals surface area (Å²) in [5.74, 6) is -0.541. The van der Waals surface area contributed by atoms with Crippen LogP contribution >= 0.6 is 0 Å². The van der Waals surface area contributed by atoms with Gasteiger partial charge in [0.25, 0.3) is 0 Å². The number of allylic oxidation sites excluding steroid dienone is 1. The van der Waals surface area contributed by atoms with Crippen molar-refractivity contribution in [2.24, 2.45) is 16.5 Å². The molecule has 76 valence electrons. The van der Waals surface area contributed by atoms with E-state index in [0.29, 0.717) is 0 Å². The summed E-state index contributed by atoms with van der Waals surface area (Å²) in [4.78, 5) is 15.0. The normalized spacial score (nSPS) is 17.8. The van der Waals surface area contributed by atoms with Crippen molar-refractivity contribution in [2.45, 2.75) is 6.04 Å². The van der Waals surface area contributed by atoms with Crippen LogP contribution < -0.4 is 11.5 Å². The summed E-state index contributed by atoms with van der Waals surface area (Å²) in [5, 5.41) is 0. The highest BCUT2D eigenvalue weighted by atomic mass is 16.1. The standard InChI is InChI=1S/C11H11N3O/c12-9(11(13)15)5-7-6-14-10-4-2-1-3-8(7)10/h1-6,9H,12H2,(H2,13,15)/t9-/m0/s1. The molecule has 0 aliphatic carbocycles. The summed E-state index contributed by atoms with van der Waals surface area (Å²) in [6.45, 7) is 0. The van der Waals surface area contributed by atoms with E-state index in [4.69, 9.17) is 11.5 Å². The van der Waals surface area contributed by atoms with Crippen LogP contribution in [0.15, 0.2) is 35.3 Å². The van der Waals surface area contributed by atoms with E-state index in [-0.39, 0.29) is 0 Å². The van der Waals surface area contributed by atoms with Gasteiger partial charge in [0.05, 0.1) is 5.69 Å². The van der Waals surface area contributed by atoms with Crippen LogP contribution in [0.1, 0.15) is 5.56 Å². The predicted molar refractivity (Wildman–Crippen MR) is 59.7 cm³/mol. The van der Waals surface area contributed by atoms with Crippen LogP contribution in [0.5, 0.6) is 0 Å². The summed E-state index contributed by atoms with van der Waals surface area (Å²) in [6.07, 6.45) is 3.31. The minimum Gasteiger partial charge on any atom is -0.368 e. The first kappa shape index (κ1) is 9.61. The Hall–Kier alpha value is -1.94. The van der Waals surface area contributed by atoms with Gasteiger partial charge in [0, 0.05) is 17.4 Å². The zero-order valence-electron chi connectivity index (χ0n) is 8.05. The average Bonchev–Trinajstić information content (AvgIpc) is 2.62. The molecule has 1 atom stereocenters. The van der Waals surface area contributed by atoms with Crippen LogP contribution in [0.4, 0.5) is 5.69 Å². The van der Waals surface area contributed by atoms with E-state index in [2.05, 4.69) is 4.99 Å². The molecule has 1 aliphatic heterocycles. The van der Waals surface area contributed by atoms with Gasteiger partial charge >= 0.3 is 0 Å². The Labute approximate surface area is 87.3 Å². The molecular formula is C11H11N3O. The number of aliphatic imine (C=N–C) groups is 1. The molecule has 1 heterocycles. The minimum atomic E-state index is -0.766. The Kier molecular flexibility index (Phi) is 2.35. The number of benzene rings is 1. The largest absolute Gasteiger partial charge is 0.368 e. The molecule has 1 aromatic carbocycles. The minimum absolute atomic E-state index is 0.541. The molecule has 4 N–H and O–H groups in total. The molecule has 2 rings (SSSR count). The molecule has 0 spiro atoms. The Morgan fingerprint density at radius 3 is 2.87 bits per heavy atom. The van der Waals surface area contributed by atoms with Crippen molar-refractivity contribution >= 4 is 23.4 Å². The molecule has 4 heteroatoms. The zero-order valence-corrected chi connectivity index (χ0v) is 8.05. The maximum absolute atomic E-state index is 10.8. The van der Waals surface area contributed by atoms with Gasteiger partial charge in [-0.15, -0.1) is 0 Å². The van der Waals surface area contributed by atoms with E-state index in [0.717, 1.165) is 16.8 Å². The number of primary amides is 1. The molecule has 1 aromatic rings. The molecule has 0 aromatic heterocycles. The number of nitrogens with zero attached hydrogens (tertiary/aromatic N) is 1. The number of carbonyl (C=O) groups is 1. The summed E-state index contributed by atoms with van der Waals surface area (Å²) >= 11 is 0. The van der Waals surface area contributed by atoms with Crippen molar-refractivity contribution in [2.75, 3.05) is 0 Å². The number of amides is 1. The number of rotatable bonds is 2. The molecule has 0 bridgehead atoms. The third-order valence-electron chi connectivity index (χ3n) is 2.25. The van der Waals surface area contributed by atoms with Gasteiger partial charge in [-0.1, -0.05) is 18.2 Å². The summed E-state index contributed by atoms with van der Waals surface area (Å²) in [5.41, 5.74) is 13.3. The van der Waals surface area contributed by atoms with E-state index in [9.17, 15) is 4.79 Å². The monoisotopic (exact) mass is 201 g/mol. The fraction of sp³-hybridized carbons (Fsp3) is 0.0909. The van der Waals surface area contributed by atoms with Crippen molar-refractivity contribution in [3.05, 3.63) is 35.9 Å². The van der Waals surface area contributed by atoms with Crippen LogP contribution in [0.25, 0.3) is 5.57 Å². The first-order valence-electron chi connectivity index (χ1n) is 4.58. The quantitative estimate of drug-likeness (QED) is 0.734. The Morgan fingerprint density at radius 2 is 2.13 bits per heavy atom. The lowest BCUT2D eigenvalue weighted by molar-refractivity contribution is -0.118. The van der Waals surface area contributed by atoms with Gasteiger partial charge in [-0.25, -0.2) is 0 Å². The SMILES string of the molecule is NC(=O)[C@@H](N)C=C1C=Nc2ccccc21. The van der Waals surface area contributed by atoms with Crippen molar-refractivity contribution < 1.29 is 4.79 Å². The lowest BCUT2D eigenvalue weighted by atomic mass is 10.0. The van der Waals surface area contributed by atoms with Crippen LogP contribution in [-0.2, 0) is 4.79 Å². The van der Waals surface area contributed by atoms with Crippen LogP contribution in [0, 0.1) is 0 Å². The first-order chi connectivity index (χ1) is 7.18. The lowest BCUT2D eigenvalue weighted by Gasteiger charge is -2.03. The molecule has 0 radical (unpaired) electrons. The smallest absolute Gasteiger partial charge is 0.238 e. The van der Waals surface area contributed by atoms with Crippen LogP contribution in [0.2, 0.25) is 0 Å². The fourth-order valence-corrected chi connectivity index (χ4v) is 1.45. The van der Waals surface area contributed by atoms with Gasteiger partial charge in [0.2, 0.25) is 5.91 Å². The number of para-hydroxylation sites is 1. The van der Waals surface area contributed by atoms with E-state index in [1.807, 2.05) is 24.3 Å². The number of carbonyl (C=O) groups excluding carboxylic acids is 1. The maximum atomic E-state index is 10.8. The Bertz CT molecular complexity index is 463. The van der Waals surface area contributed by atoms with Gasteiger partial charge in [-0.05, 0) is 12.1 Å². The Balaban J connectivity index is 2.36. The van der Waals surface area contributed by atoms with Crippen LogP contribution in [-0.4, -0.2) is 18.2 Å². The van der Waals surface area contributed by atoms with Gasteiger partial charge in [-0.2, -0.15) is 0 Å². The topological polar surface area (TPSA) is 81.5 Å². The molecule has 0 saturated carbocycles. The molecule has 15 heavy (non-hydrogen) atoms. The molecule has 1 aliphatic rings. The van der Waals surface area contributed by atoms with E-state index in [1.165, 1.54) is 0 Å². The van der Waals surface area contributed by atoms with E-state index < -0.39 is 11.9 Å². The average molecular weight is 201 g/mol. The molecule has 0 fully saturated rings. The molecule has 1 amide bonds. The van der Waals surface area contributed by atoms with Crippen LogP contribution in [0.3, 0.4) is 0 Å². The molecule has 0 unspecified atom stereocenters. The maximum Gasteiger partial charge on any atom is 0.238 e. The number of fused-ring (bicyclic) bond motifs is 1. The van der Waals surface area contributed by atoms with Gasteiger partial charge in [0.1, 0.15) is 6.04 Å². The number of nitrogens with two attached hydrogens (primary N) is 2. The van der Waals surface area contributed by atoms with E-state index in [1.54, 1.807) is 12.3 Å². The second-order valence-electron chi connectivity index (χ2n) is 3.33. The fourth-order valence-electron chi connectivity index (χ4n) is 1.45. The Morgan fingerprint density at radius 1 is 1.40 bits per heavy atom. The number of hydrogen-bond donors (Lipinski definition) is 2. The second-order valence-corrected chi connectivity index (χ2v) is 3.33. The first-order valence-corrected chi connectivity index (χ1v) is 4.58. The van der Waals surface area contributed by atoms with Crippen molar-refractivity contribution in [3.63, 3.8) is 0 Å². The molecule has 4 nitrogen and oxygen atoms in total. The third-order valence-corrected chi connectivity index (χ3v) is 2.25. The highest BCUT2D eigenvalue weighted by Gasteiger charge is 2.13. The molecular weight excluding hydrogens is 190 g/mol. The lowest BCUT2D eigenvalue weighted by Crippen LogP contribution is -2.34. The van der Waals surface area contributed by atoms with E-state index >= 15 is 0 Å². The summed E-state index contributed by atoms with van der Waals surface area (Å²) < 4.78 is 0. The number of hydrogen-bond acceptors (Lipinski definition) is 3. The highest BCUT2D eigenvalue weighted by molar-refractivity contribution is 6.17. The highest BCUT2D eigenvalue weighted by Crippen LogP contribution is 2.30. The second kappa shape index (κ2) is 3.67. The zero-order chi connectivity index (χ0) is 10.8. The van der Waals surface area contributed by atoms with Gasteiger partial charge in [-0.3, -0.25) is 9.79 Å². The van der Waals surface area contributed by atoms with Gasteiger partial charge < -0.3 is 11.5 Å². The van der Waals surface area contributed by atoms with Crippen molar-refractivity contribution in [3.8, 4) is 0 Å². The third kappa shape index (κ3) is 1.80. The molecule has 0 saturated heterocycles. The van der Waals surface area contributed by atoms with Crippen molar-refractivity contribution in [1.82, 2.24) is 0 Å². The van der Waals surface area contributed by atoms with Crippen molar-refractivity contribution in [1.29, 1.82) is 0 Å². The summed E-state index contributed by atoms with van der Waals surface area (Å²) in [7, 11) is 0. The van der Waals surface area contributed by atoms with Gasteiger partial charge in [0.15, 0.2) is 0 Å². The summed E-state index contributed by atoms with van der Waals surface area (Å²) in [6, 6.07) is 6.90.